The van der Waals surface area contributed by atoms with Crippen molar-refractivity contribution in [3.8, 4) is 21.7 Å². The van der Waals surface area contributed by atoms with Crippen LogP contribution in [0.2, 0.25) is 5.02 Å². The fourth-order valence-corrected chi connectivity index (χ4v) is 3.69. The van der Waals surface area contributed by atoms with Crippen LogP contribution in [0.1, 0.15) is 0 Å². The van der Waals surface area contributed by atoms with Gasteiger partial charge in [-0.2, -0.15) is 5.10 Å². The number of aromatic nitrogens is 2. The Kier molecular flexibility index (Phi) is 3.35. The van der Waals surface area contributed by atoms with E-state index in [0.717, 1.165) is 26.2 Å². The molecule has 3 aromatic rings. The van der Waals surface area contributed by atoms with Crippen LogP contribution in [0, 0.1) is 0 Å². The Hall–Kier alpha value is -1.30. The molecule has 19 heavy (non-hydrogen) atoms. The first-order chi connectivity index (χ1) is 9.16. The Morgan fingerprint density at radius 1 is 1.32 bits per heavy atom. The number of nitrogens with one attached hydrogen (secondary N) is 1. The van der Waals surface area contributed by atoms with E-state index in [1.807, 2.05) is 35.7 Å². The van der Waals surface area contributed by atoms with E-state index < -0.39 is 0 Å². The molecule has 6 heteroatoms. The third-order valence-electron chi connectivity index (χ3n) is 2.75. The average molecular weight is 355 g/mol. The third kappa shape index (κ3) is 2.29. The van der Waals surface area contributed by atoms with E-state index in [9.17, 15) is 0 Å². The molecule has 0 saturated heterocycles. The maximum absolute atomic E-state index is 6.04. The second-order valence-corrected chi connectivity index (χ2v) is 6.17. The molecule has 0 bridgehead atoms. The summed E-state index contributed by atoms with van der Waals surface area (Å²) in [5.74, 6) is 0.470. The van der Waals surface area contributed by atoms with Crippen LogP contribution in [-0.4, -0.2) is 10.2 Å². The first kappa shape index (κ1) is 12.7. The summed E-state index contributed by atoms with van der Waals surface area (Å²) in [5, 5.41) is 9.80. The van der Waals surface area contributed by atoms with Crippen LogP contribution >= 0.6 is 38.9 Å². The summed E-state index contributed by atoms with van der Waals surface area (Å²) < 4.78 is 1.02. The van der Waals surface area contributed by atoms with E-state index in [2.05, 4.69) is 26.1 Å². The number of H-pyrrole nitrogens is 1. The molecule has 0 aliphatic carbocycles. The van der Waals surface area contributed by atoms with Gasteiger partial charge >= 0.3 is 0 Å². The summed E-state index contributed by atoms with van der Waals surface area (Å²) in [5.41, 5.74) is 8.72. The Morgan fingerprint density at radius 3 is 2.84 bits per heavy atom. The highest BCUT2D eigenvalue weighted by molar-refractivity contribution is 9.10. The predicted molar refractivity (Wildman–Crippen MR) is 84.5 cm³/mol. The summed E-state index contributed by atoms with van der Waals surface area (Å²) >= 11 is 11.2. The molecule has 0 unspecified atom stereocenters. The van der Waals surface area contributed by atoms with Crippen molar-refractivity contribution in [3.63, 3.8) is 0 Å². The van der Waals surface area contributed by atoms with Crippen LogP contribution in [0.3, 0.4) is 0 Å². The number of hydrogen-bond acceptors (Lipinski definition) is 3. The largest absolute Gasteiger partial charge is 0.382 e. The van der Waals surface area contributed by atoms with Crippen molar-refractivity contribution >= 4 is 44.7 Å². The second kappa shape index (κ2) is 5.00. The van der Waals surface area contributed by atoms with Crippen molar-refractivity contribution in [2.24, 2.45) is 0 Å². The van der Waals surface area contributed by atoms with E-state index in [-0.39, 0.29) is 0 Å². The van der Waals surface area contributed by atoms with E-state index in [1.54, 1.807) is 11.3 Å². The number of rotatable bonds is 2. The molecular formula is C13H9BrClN3S. The smallest absolute Gasteiger partial charge is 0.153 e. The van der Waals surface area contributed by atoms with Crippen molar-refractivity contribution in [3.05, 3.63) is 45.2 Å². The normalized spacial score (nSPS) is 10.8. The van der Waals surface area contributed by atoms with Crippen molar-refractivity contribution in [1.29, 1.82) is 0 Å². The van der Waals surface area contributed by atoms with E-state index in [1.165, 1.54) is 0 Å². The quantitative estimate of drug-likeness (QED) is 0.694. The van der Waals surface area contributed by atoms with Crippen LogP contribution in [-0.2, 0) is 0 Å². The Labute approximate surface area is 127 Å². The number of halogens is 2. The topological polar surface area (TPSA) is 54.7 Å². The van der Waals surface area contributed by atoms with Crippen LogP contribution in [0.5, 0.6) is 0 Å². The summed E-state index contributed by atoms with van der Waals surface area (Å²) in [6.07, 6.45) is 0. The van der Waals surface area contributed by atoms with Gasteiger partial charge in [0.15, 0.2) is 5.82 Å². The van der Waals surface area contributed by atoms with Gasteiger partial charge in [-0.1, -0.05) is 23.7 Å². The highest BCUT2D eigenvalue weighted by Crippen LogP contribution is 2.41. The molecule has 0 amide bonds. The molecule has 0 spiro atoms. The zero-order valence-electron chi connectivity index (χ0n) is 9.65. The molecule has 0 aliphatic rings. The van der Waals surface area contributed by atoms with Gasteiger partial charge in [0.05, 0.1) is 16.1 Å². The highest BCUT2D eigenvalue weighted by atomic mass is 79.9. The summed E-state index contributed by atoms with van der Waals surface area (Å²) in [6, 6.07) is 9.59. The van der Waals surface area contributed by atoms with Crippen molar-refractivity contribution < 1.29 is 0 Å². The minimum absolute atomic E-state index is 0.470. The lowest BCUT2D eigenvalue weighted by atomic mass is 10.0. The van der Waals surface area contributed by atoms with Gasteiger partial charge in [0, 0.05) is 9.50 Å². The van der Waals surface area contributed by atoms with Crippen molar-refractivity contribution in [2.45, 2.75) is 0 Å². The van der Waals surface area contributed by atoms with Gasteiger partial charge in [-0.15, -0.1) is 11.3 Å². The lowest BCUT2D eigenvalue weighted by molar-refractivity contribution is 1.10. The van der Waals surface area contributed by atoms with Gasteiger partial charge < -0.3 is 5.73 Å². The molecule has 3 nitrogen and oxygen atoms in total. The minimum atomic E-state index is 0.470. The van der Waals surface area contributed by atoms with Gasteiger partial charge in [0.1, 0.15) is 0 Å². The summed E-state index contributed by atoms with van der Waals surface area (Å²) in [4.78, 5) is 1.07. The Balaban J connectivity index is 2.22. The molecule has 0 saturated carbocycles. The van der Waals surface area contributed by atoms with E-state index in [4.69, 9.17) is 17.3 Å². The molecule has 2 aromatic heterocycles. The standard InChI is InChI=1S/C13H9BrClN3S/c14-9-4-5-19-12(9)11-10(13(16)18-17-11)7-2-1-3-8(15)6-7/h1-6H,(H3,16,17,18). The zero-order chi connectivity index (χ0) is 13.4. The Bertz CT molecular complexity index is 735. The highest BCUT2D eigenvalue weighted by Gasteiger charge is 2.17. The first-order valence-corrected chi connectivity index (χ1v) is 7.55. The lowest BCUT2D eigenvalue weighted by Gasteiger charge is -2.04. The fourth-order valence-electron chi connectivity index (χ4n) is 1.93. The predicted octanol–water partition coefficient (Wildman–Crippen LogP) is 4.80. The van der Waals surface area contributed by atoms with Crippen molar-refractivity contribution in [2.75, 3.05) is 5.73 Å². The van der Waals surface area contributed by atoms with Gasteiger partial charge in [0.25, 0.3) is 0 Å². The molecule has 2 heterocycles. The number of thiophene rings is 1. The molecule has 3 N–H and O–H groups in total. The number of nitrogens with two attached hydrogens (primary N) is 1. The van der Waals surface area contributed by atoms with E-state index in [0.29, 0.717) is 10.8 Å². The number of hydrogen-bond donors (Lipinski definition) is 2. The molecule has 1 aromatic carbocycles. The number of anilines is 1. The maximum Gasteiger partial charge on any atom is 0.153 e. The SMILES string of the molecule is Nc1n[nH]c(-c2sccc2Br)c1-c1cccc(Cl)c1. The van der Waals surface area contributed by atoms with E-state index >= 15 is 0 Å². The average Bonchev–Trinajstić information content (AvgIpc) is 2.95. The Morgan fingerprint density at radius 2 is 2.16 bits per heavy atom. The van der Waals surface area contributed by atoms with Crippen LogP contribution in [0.15, 0.2) is 40.2 Å². The molecule has 3 rings (SSSR count). The van der Waals surface area contributed by atoms with Gasteiger partial charge in [-0.05, 0) is 45.1 Å². The lowest BCUT2D eigenvalue weighted by Crippen LogP contribution is -1.88. The number of nitrogens with zero attached hydrogens (tertiary/aromatic N) is 1. The van der Waals surface area contributed by atoms with Crippen LogP contribution < -0.4 is 5.73 Å². The van der Waals surface area contributed by atoms with Gasteiger partial charge in [-0.3, -0.25) is 5.10 Å². The molecule has 0 fully saturated rings. The molecule has 0 atom stereocenters. The zero-order valence-corrected chi connectivity index (χ0v) is 12.8. The van der Waals surface area contributed by atoms with Crippen LogP contribution in [0.25, 0.3) is 21.7 Å². The molecular weight excluding hydrogens is 346 g/mol. The monoisotopic (exact) mass is 353 g/mol. The number of benzene rings is 1. The van der Waals surface area contributed by atoms with Gasteiger partial charge in [-0.25, -0.2) is 0 Å². The van der Waals surface area contributed by atoms with Crippen molar-refractivity contribution in [1.82, 2.24) is 10.2 Å². The molecule has 0 radical (unpaired) electrons. The summed E-state index contributed by atoms with van der Waals surface area (Å²) in [6.45, 7) is 0. The molecule has 96 valence electrons. The second-order valence-electron chi connectivity index (χ2n) is 3.97. The fraction of sp³-hybridized carbons (Fsp3) is 0. The molecule has 0 aliphatic heterocycles. The number of aromatic amines is 1. The van der Waals surface area contributed by atoms with Gasteiger partial charge in [0.2, 0.25) is 0 Å². The number of nitrogen functional groups attached to an aromatic ring is 1. The summed E-state index contributed by atoms with van der Waals surface area (Å²) in [7, 11) is 0. The maximum atomic E-state index is 6.04. The first-order valence-electron chi connectivity index (χ1n) is 5.50. The minimum Gasteiger partial charge on any atom is -0.382 e. The van der Waals surface area contributed by atoms with Crippen LogP contribution in [0.4, 0.5) is 5.82 Å². The third-order valence-corrected chi connectivity index (χ3v) is 4.84.